The fraction of sp³-hybridized carbons (Fsp3) is 0.750. The number of halogens is 3. The highest BCUT2D eigenvalue weighted by molar-refractivity contribution is 7.99. The smallest absolute Gasteiger partial charge is 0.471 e. The normalized spacial score (nSPS) is 11.2. The zero-order valence-corrected chi connectivity index (χ0v) is 9.16. The van der Waals surface area contributed by atoms with Gasteiger partial charge in [-0.1, -0.05) is 0 Å². The summed E-state index contributed by atoms with van der Waals surface area (Å²) in [5.74, 6) is -1.91. The third-order valence-corrected chi connectivity index (χ3v) is 2.54. The molecule has 8 heteroatoms. The molecule has 0 rings (SSSR count). The topological polar surface area (TPSA) is 66.4 Å². The van der Waals surface area contributed by atoms with Crippen molar-refractivity contribution in [2.75, 3.05) is 18.1 Å². The maximum atomic E-state index is 11.7. The lowest BCUT2D eigenvalue weighted by atomic mass is 10.4. The van der Waals surface area contributed by atoms with Gasteiger partial charge in [-0.2, -0.15) is 24.9 Å². The highest BCUT2D eigenvalue weighted by Gasteiger charge is 2.38. The van der Waals surface area contributed by atoms with E-state index in [0.29, 0.717) is 17.9 Å². The molecule has 0 aliphatic rings. The predicted molar refractivity (Wildman–Crippen MR) is 53.3 cm³/mol. The molecule has 0 aromatic heterocycles. The lowest BCUT2D eigenvalue weighted by Crippen LogP contribution is -2.37. The van der Waals surface area contributed by atoms with Crippen molar-refractivity contribution in [1.82, 2.24) is 5.32 Å². The summed E-state index contributed by atoms with van der Waals surface area (Å²) < 4.78 is 35.1. The number of hydrogen-bond acceptors (Lipinski definition) is 3. The number of carbonyl (C=O) groups is 2. The number of carboxylic acids is 1. The van der Waals surface area contributed by atoms with E-state index in [1.54, 1.807) is 5.32 Å². The number of hydrogen-bond donors (Lipinski definition) is 2. The molecule has 2 N–H and O–H groups in total. The molecule has 0 aromatic carbocycles. The van der Waals surface area contributed by atoms with Gasteiger partial charge in [-0.15, -0.1) is 0 Å². The Bertz CT molecular complexity index is 245. The first-order valence-electron chi connectivity index (χ1n) is 4.48. The van der Waals surface area contributed by atoms with Crippen molar-refractivity contribution < 1.29 is 27.9 Å². The Morgan fingerprint density at radius 2 is 1.88 bits per heavy atom. The van der Waals surface area contributed by atoms with Crippen LogP contribution in [-0.4, -0.2) is 41.2 Å². The second-order valence-corrected chi connectivity index (χ2v) is 4.09. The van der Waals surface area contributed by atoms with Crippen molar-refractivity contribution in [3.8, 4) is 0 Å². The largest absolute Gasteiger partial charge is 0.481 e. The lowest BCUT2D eigenvalue weighted by molar-refractivity contribution is -0.173. The third kappa shape index (κ3) is 8.39. The Labute approximate surface area is 94.6 Å². The van der Waals surface area contributed by atoms with Crippen LogP contribution in [0.5, 0.6) is 0 Å². The SMILES string of the molecule is O=C(O)CCSCCCNC(=O)C(F)(F)F. The van der Waals surface area contributed by atoms with Crippen LogP contribution in [-0.2, 0) is 9.59 Å². The van der Waals surface area contributed by atoms with E-state index in [4.69, 9.17) is 5.11 Å². The molecule has 94 valence electrons. The quantitative estimate of drug-likeness (QED) is 0.675. The molecule has 0 aliphatic carbocycles. The summed E-state index contributed by atoms with van der Waals surface area (Å²) in [7, 11) is 0. The van der Waals surface area contributed by atoms with Gasteiger partial charge in [0.05, 0.1) is 6.42 Å². The van der Waals surface area contributed by atoms with Gasteiger partial charge in [0.2, 0.25) is 0 Å². The number of carbonyl (C=O) groups excluding carboxylic acids is 1. The Kier molecular flexibility index (Phi) is 6.95. The number of alkyl halides is 3. The number of aliphatic carboxylic acids is 1. The zero-order chi connectivity index (χ0) is 12.6. The summed E-state index contributed by atoms with van der Waals surface area (Å²) in [5, 5.41) is 10.0. The maximum Gasteiger partial charge on any atom is 0.471 e. The standard InChI is InChI=1S/C8H12F3NO3S/c9-8(10,11)7(15)12-3-1-4-16-5-2-6(13)14/h1-5H2,(H,12,15)(H,13,14). The van der Waals surface area contributed by atoms with Crippen LogP contribution in [0.1, 0.15) is 12.8 Å². The van der Waals surface area contributed by atoms with Crippen molar-refractivity contribution in [3.05, 3.63) is 0 Å². The molecule has 0 atom stereocenters. The molecule has 0 aliphatic heterocycles. The second kappa shape index (κ2) is 7.37. The van der Waals surface area contributed by atoms with Crippen molar-refractivity contribution in [1.29, 1.82) is 0 Å². The van der Waals surface area contributed by atoms with E-state index < -0.39 is 18.1 Å². The van der Waals surface area contributed by atoms with E-state index in [1.165, 1.54) is 11.8 Å². The first kappa shape index (κ1) is 15.1. The summed E-state index contributed by atoms with van der Waals surface area (Å²) in [6.07, 6.45) is -4.43. The molecule has 1 amide bonds. The highest BCUT2D eigenvalue weighted by atomic mass is 32.2. The van der Waals surface area contributed by atoms with Gasteiger partial charge in [-0.3, -0.25) is 9.59 Å². The van der Waals surface area contributed by atoms with Crippen LogP contribution in [0.4, 0.5) is 13.2 Å². The first-order valence-corrected chi connectivity index (χ1v) is 5.64. The van der Waals surface area contributed by atoms with Gasteiger partial charge < -0.3 is 10.4 Å². The third-order valence-electron chi connectivity index (χ3n) is 1.47. The van der Waals surface area contributed by atoms with Crippen LogP contribution in [0, 0.1) is 0 Å². The highest BCUT2D eigenvalue weighted by Crippen LogP contribution is 2.14. The Morgan fingerprint density at radius 3 is 2.38 bits per heavy atom. The second-order valence-electron chi connectivity index (χ2n) is 2.86. The molecular formula is C8H12F3NO3S. The number of rotatable bonds is 7. The minimum Gasteiger partial charge on any atom is -0.481 e. The lowest BCUT2D eigenvalue weighted by Gasteiger charge is -2.07. The monoisotopic (exact) mass is 259 g/mol. The van der Waals surface area contributed by atoms with Crippen molar-refractivity contribution >= 4 is 23.6 Å². The van der Waals surface area contributed by atoms with Gasteiger partial charge in [0.25, 0.3) is 0 Å². The van der Waals surface area contributed by atoms with Crippen LogP contribution in [0.15, 0.2) is 0 Å². The Balaban J connectivity index is 3.34. The van der Waals surface area contributed by atoms with Crippen molar-refractivity contribution in [2.45, 2.75) is 19.0 Å². The number of amides is 1. The molecule has 0 bridgehead atoms. The van der Waals surface area contributed by atoms with Gasteiger partial charge in [0.15, 0.2) is 0 Å². The van der Waals surface area contributed by atoms with Gasteiger partial charge >= 0.3 is 18.1 Å². The minimum atomic E-state index is -4.84. The molecule has 0 unspecified atom stereocenters. The van der Waals surface area contributed by atoms with Gasteiger partial charge in [-0.25, -0.2) is 0 Å². The van der Waals surface area contributed by atoms with Gasteiger partial charge in [-0.05, 0) is 12.2 Å². The minimum absolute atomic E-state index is 0.0274. The van der Waals surface area contributed by atoms with E-state index in [1.807, 2.05) is 0 Å². The number of nitrogens with one attached hydrogen (secondary N) is 1. The van der Waals surface area contributed by atoms with Crippen LogP contribution in [0.3, 0.4) is 0 Å². The predicted octanol–water partition coefficient (Wildman–Crippen LogP) is 1.26. The zero-order valence-electron chi connectivity index (χ0n) is 8.34. The van der Waals surface area contributed by atoms with Crippen molar-refractivity contribution in [3.63, 3.8) is 0 Å². The molecule has 0 heterocycles. The van der Waals surface area contributed by atoms with E-state index in [2.05, 4.69) is 0 Å². The molecule has 0 aromatic rings. The van der Waals surface area contributed by atoms with Gasteiger partial charge in [0.1, 0.15) is 0 Å². The fourth-order valence-corrected chi connectivity index (χ4v) is 1.61. The fourth-order valence-electron chi connectivity index (χ4n) is 0.738. The number of thioether (sulfide) groups is 1. The summed E-state index contributed by atoms with van der Waals surface area (Å²) in [4.78, 5) is 20.4. The number of carboxylic acid groups (broad SMARTS) is 1. The molecule has 4 nitrogen and oxygen atoms in total. The van der Waals surface area contributed by atoms with E-state index in [9.17, 15) is 22.8 Å². The maximum absolute atomic E-state index is 11.7. The van der Waals surface area contributed by atoms with Gasteiger partial charge in [0, 0.05) is 12.3 Å². The van der Waals surface area contributed by atoms with Crippen molar-refractivity contribution in [2.24, 2.45) is 0 Å². The average molecular weight is 259 g/mol. The van der Waals surface area contributed by atoms with Crippen LogP contribution < -0.4 is 5.32 Å². The Morgan fingerprint density at radius 1 is 1.25 bits per heavy atom. The summed E-state index contributed by atoms with van der Waals surface area (Å²) >= 11 is 1.33. The Hall–Kier alpha value is -0.920. The first-order chi connectivity index (χ1) is 7.34. The van der Waals surface area contributed by atoms with Crippen LogP contribution in [0.2, 0.25) is 0 Å². The van der Waals surface area contributed by atoms with E-state index in [0.717, 1.165) is 0 Å². The van der Waals surface area contributed by atoms with E-state index in [-0.39, 0.29) is 13.0 Å². The van der Waals surface area contributed by atoms with Crippen LogP contribution >= 0.6 is 11.8 Å². The van der Waals surface area contributed by atoms with Crippen LogP contribution in [0.25, 0.3) is 0 Å². The summed E-state index contributed by atoms with van der Waals surface area (Å²) in [6.45, 7) is -0.0571. The molecule has 0 saturated carbocycles. The summed E-state index contributed by atoms with van der Waals surface area (Å²) in [5.41, 5.74) is 0. The molecule has 16 heavy (non-hydrogen) atoms. The summed E-state index contributed by atoms with van der Waals surface area (Å²) in [6, 6.07) is 0. The van der Waals surface area contributed by atoms with E-state index >= 15 is 0 Å². The molecule has 0 saturated heterocycles. The molecule has 0 spiro atoms. The molecular weight excluding hydrogens is 247 g/mol. The average Bonchev–Trinajstić information content (AvgIpc) is 2.14. The molecule has 0 radical (unpaired) electrons. The molecule has 0 fully saturated rings.